The maximum atomic E-state index is 5.96. The molecule has 1 saturated carbocycles. The Morgan fingerprint density at radius 3 is 2.64 bits per heavy atom. The van der Waals surface area contributed by atoms with Gasteiger partial charge in [0.25, 0.3) is 0 Å². The summed E-state index contributed by atoms with van der Waals surface area (Å²) in [6.45, 7) is 6.38. The van der Waals surface area contributed by atoms with Crippen LogP contribution in [0.2, 0.25) is 0 Å². The summed E-state index contributed by atoms with van der Waals surface area (Å²) < 4.78 is 5.96. The van der Waals surface area contributed by atoms with E-state index in [1.165, 1.54) is 32.1 Å². The van der Waals surface area contributed by atoms with E-state index in [1.807, 2.05) is 6.92 Å². The molecule has 1 aliphatic carbocycles. The maximum Gasteiger partial charge on any atom is 0.0698 e. The molecule has 0 amide bonds. The first kappa shape index (κ1) is 12.0. The lowest BCUT2D eigenvalue weighted by Crippen LogP contribution is -2.36. The molecule has 0 aromatic rings. The molecule has 0 aromatic carbocycles. The van der Waals surface area contributed by atoms with Crippen molar-refractivity contribution in [2.75, 3.05) is 0 Å². The predicted octanol–water partition coefficient (Wildman–Crippen LogP) is 2.71. The average molecular weight is 199 g/mol. The van der Waals surface area contributed by atoms with Gasteiger partial charge >= 0.3 is 0 Å². The van der Waals surface area contributed by atoms with Gasteiger partial charge in [-0.25, -0.2) is 0 Å². The van der Waals surface area contributed by atoms with Crippen molar-refractivity contribution >= 4 is 0 Å². The second kappa shape index (κ2) is 5.72. The van der Waals surface area contributed by atoms with Gasteiger partial charge in [0.05, 0.1) is 12.2 Å². The molecule has 4 atom stereocenters. The zero-order chi connectivity index (χ0) is 10.6. The van der Waals surface area contributed by atoms with Crippen molar-refractivity contribution in [2.24, 2.45) is 11.7 Å². The lowest BCUT2D eigenvalue weighted by molar-refractivity contribution is -0.0402. The third-order valence-corrected chi connectivity index (χ3v) is 3.46. The topological polar surface area (TPSA) is 35.2 Å². The van der Waals surface area contributed by atoms with E-state index in [-0.39, 0.29) is 12.1 Å². The molecule has 0 bridgehead atoms. The summed E-state index contributed by atoms with van der Waals surface area (Å²) in [5.41, 5.74) is 5.80. The quantitative estimate of drug-likeness (QED) is 0.755. The van der Waals surface area contributed by atoms with Gasteiger partial charge in [-0.05, 0) is 32.6 Å². The zero-order valence-electron chi connectivity index (χ0n) is 9.83. The number of hydrogen-bond acceptors (Lipinski definition) is 2. The molecule has 14 heavy (non-hydrogen) atoms. The van der Waals surface area contributed by atoms with Crippen LogP contribution < -0.4 is 5.73 Å². The first-order valence-corrected chi connectivity index (χ1v) is 6.04. The second-order valence-electron chi connectivity index (χ2n) is 4.76. The summed E-state index contributed by atoms with van der Waals surface area (Å²) in [5.74, 6) is 0.883. The van der Waals surface area contributed by atoms with Crippen LogP contribution in [-0.4, -0.2) is 18.2 Å². The maximum absolute atomic E-state index is 5.96. The van der Waals surface area contributed by atoms with E-state index in [4.69, 9.17) is 10.5 Å². The standard InChI is InChI=1S/C12H25NO/c1-4-11-6-5-7-12(8-11)14-10(3)9(2)13/h9-12H,4-8,13H2,1-3H3/t9-,10?,11?,12?/m1/s1. The molecule has 0 heterocycles. The molecule has 2 nitrogen and oxygen atoms in total. The summed E-state index contributed by atoms with van der Waals surface area (Å²) in [4.78, 5) is 0. The SMILES string of the molecule is CCC1CCCC(OC(C)[C@@H](C)N)C1. The van der Waals surface area contributed by atoms with Crippen LogP contribution in [0, 0.1) is 5.92 Å². The Balaban J connectivity index is 2.30. The molecule has 84 valence electrons. The molecule has 0 spiro atoms. The highest BCUT2D eigenvalue weighted by Crippen LogP contribution is 2.29. The molecule has 0 radical (unpaired) electrons. The second-order valence-corrected chi connectivity index (χ2v) is 4.76. The molecule has 1 rings (SSSR count). The van der Waals surface area contributed by atoms with Crippen molar-refractivity contribution in [3.05, 3.63) is 0 Å². The van der Waals surface area contributed by atoms with E-state index < -0.39 is 0 Å². The van der Waals surface area contributed by atoms with E-state index in [0.717, 1.165) is 5.92 Å². The minimum absolute atomic E-state index is 0.150. The van der Waals surface area contributed by atoms with Gasteiger partial charge in [0, 0.05) is 6.04 Å². The Morgan fingerprint density at radius 1 is 1.36 bits per heavy atom. The first-order chi connectivity index (χ1) is 6.63. The smallest absolute Gasteiger partial charge is 0.0698 e. The number of ether oxygens (including phenoxy) is 1. The fraction of sp³-hybridized carbons (Fsp3) is 1.00. The Bertz CT molecular complexity index is 158. The Kier molecular flexibility index (Phi) is 4.90. The third kappa shape index (κ3) is 3.58. The van der Waals surface area contributed by atoms with E-state index in [9.17, 15) is 0 Å². The van der Waals surface area contributed by atoms with Crippen LogP contribution in [0.25, 0.3) is 0 Å². The van der Waals surface area contributed by atoms with Crippen LogP contribution in [0.15, 0.2) is 0 Å². The summed E-state index contributed by atoms with van der Waals surface area (Å²) >= 11 is 0. The van der Waals surface area contributed by atoms with E-state index >= 15 is 0 Å². The van der Waals surface area contributed by atoms with E-state index in [2.05, 4.69) is 13.8 Å². The summed E-state index contributed by atoms with van der Waals surface area (Å²) in [6.07, 6.45) is 7.16. The number of rotatable bonds is 4. The summed E-state index contributed by atoms with van der Waals surface area (Å²) in [5, 5.41) is 0. The number of nitrogens with two attached hydrogens (primary N) is 1. The van der Waals surface area contributed by atoms with Crippen LogP contribution >= 0.6 is 0 Å². The molecule has 0 saturated heterocycles. The van der Waals surface area contributed by atoms with Gasteiger partial charge in [-0.2, -0.15) is 0 Å². The fourth-order valence-corrected chi connectivity index (χ4v) is 2.16. The molecular formula is C12H25NO. The number of hydrogen-bond donors (Lipinski definition) is 1. The van der Waals surface area contributed by atoms with Gasteiger partial charge in [0.15, 0.2) is 0 Å². The Hall–Kier alpha value is -0.0800. The molecule has 0 aromatic heterocycles. The minimum Gasteiger partial charge on any atom is -0.374 e. The molecule has 0 aliphatic heterocycles. The van der Waals surface area contributed by atoms with E-state index in [0.29, 0.717) is 6.10 Å². The van der Waals surface area contributed by atoms with Crippen LogP contribution in [0.3, 0.4) is 0 Å². The minimum atomic E-state index is 0.150. The molecule has 1 aliphatic rings. The highest BCUT2D eigenvalue weighted by molar-refractivity contribution is 4.75. The van der Waals surface area contributed by atoms with Crippen molar-refractivity contribution in [3.63, 3.8) is 0 Å². The van der Waals surface area contributed by atoms with Crippen LogP contribution in [0.4, 0.5) is 0 Å². The highest BCUT2D eigenvalue weighted by atomic mass is 16.5. The molecule has 2 N–H and O–H groups in total. The lowest BCUT2D eigenvalue weighted by atomic mass is 9.85. The largest absolute Gasteiger partial charge is 0.374 e. The highest BCUT2D eigenvalue weighted by Gasteiger charge is 2.23. The van der Waals surface area contributed by atoms with Crippen LogP contribution in [-0.2, 0) is 4.74 Å². The van der Waals surface area contributed by atoms with Crippen LogP contribution in [0.1, 0.15) is 52.9 Å². The molecule has 3 unspecified atom stereocenters. The van der Waals surface area contributed by atoms with Crippen molar-refractivity contribution in [1.29, 1.82) is 0 Å². The fourth-order valence-electron chi connectivity index (χ4n) is 2.16. The average Bonchev–Trinajstić information content (AvgIpc) is 2.18. The molecular weight excluding hydrogens is 174 g/mol. The van der Waals surface area contributed by atoms with Gasteiger partial charge in [-0.1, -0.05) is 26.2 Å². The van der Waals surface area contributed by atoms with Gasteiger partial charge in [-0.15, -0.1) is 0 Å². The van der Waals surface area contributed by atoms with E-state index in [1.54, 1.807) is 0 Å². The molecule has 1 fully saturated rings. The van der Waals surface area contributed by atoms with Crippen molar-refractivity contribution < 1.29 is 4.74 Å². The third-order valence-electron chi connectivity index (χ3n) is 3.46. The van der Waals surface area contributed by atoms with Crippen molar-refractivity contribution in [3.8, 4) is 0 Å². The Morgan fingerprint density at radius 2 is 2.07 bits per heavy atom. The normalized spacial score (nSPS) is 32.6. The van der Waals surface area contributed by atoms with Crippen molar-refractivity contribution in [2.45, 2.75) is 71.1 Å². The van der Waals surface area contributed by atoms with Crippen molar-refractivity contribution in [1.82, 2.24) is 0 Å². The van der Waals surface area contributed by atoms with Gasteiger partial charge in [0.2, 0.25) is 0 Å². The monoisotopic (exact) mass is 199 g/mol. The van der Waals surface area contributed by atoms with Gasteiger partial charge in [0.1, 0.15) is 0 Å². The Labute approximate surface area is 88.2 Å². The van der Waals surface area contributed by atoms with Gasteiger partial charge in [-0.3, -0.25) is 0 Å². The van der Waals surface area contributed by atoms with Crippen LogP contribution in [0.5, 0.6) is 0 Å². The predicted molar refractivity (Wildman–Crippen MR) is 60.2 cm³/mol. The summed E-state index contributed by atoms with van der Waals surface area (Å²) in [6, 6.07) is 0.150. The zero-order valence-corrected chi connectivity index (χ0v) is 9.83. The first-order valence-electron chi connectivity index (χ1n) is 6.04. The summed E-state index contributed by atoms with van der Waals surface area (Å²) in [7, 11) is 0. The molecule has 2 heteroatoms. The lowest BCUT2D eigenvalue weighted by Gasteiger charge is -2.31. The van der Waals surface area contributed by atoms with Gasteiger partial charge < -0.3 is 10.5 Å².